The van der Waals surface area contributed by atoms with E-state index < -0.39 is 0 Å². The van der Waals surface area contributed by atoms with E-state index in [0.717, 1.165) is 30.4 Å². The van der Waals surface area contributed by atoms with E-state index in [9.17, 15) is 0 Å². The summed E-state index contributed by atoms with van der Waals surface area (Å²) in [5.41, 5.74) is 1.24. The van der Waals surface area contributed by atoms with Gasteiger partial charge in [-0.1, -0.05) is 35.9 Å². The molecule has 0 bridgehead atoms. The molecule has 0 aromatic heterocycles. The van der Waals surface area contributed by atoms with Gasteiger partial charge in [-0.3, -0.25) is 4.99 Å². The molecule has 120 valence electrons. The second-order valence-electron chi connectivity index (χ2n) is 5.77. The van der Waals surface area contributed by atoms with Crippen molar-refractivity contribution < 1.29 is 0 Å². The molecule has 0 aliphatic heterocycles. The number of nitrogens with zero attached hydrogens (tertiary/aromatic N) is 2. The molecule has 22 heavy (non-hydrogen) atoms. The average molecular weight is 321 g/mol. The molecule has 0 spiro atoms. The summed E-state index contributed by atoms with van der Waals surface area (Å²) in [6.45, 7) is 0.786. The van der Waals surface area contributed by atoms with E-state index in [2.05, 4.69) is 58.9 Å². The predicted octanol–water partition coefficient (Wildman–Crippen LogP) is 2.83. The van der Waals surface area contributed by atoms with Gasteiger partial charge in [0.25, 0.3) is 0 Å². The fourth-order valence-electron chi connectivity index (χ4n) is 2.60. The molecule has 4 nitrogen and oxygen atoms in total. The Labute approximate surface area is 138 Å². The van der Waals surface area contributed by atoms with Crippen molar-refractivity contribution in [3.05, 3.63) is 47.0 Å². The molecule has 0 saturated heterocycles. The van der Waals surface area contributed by atoms with Gasteiger partial charge in [-0.25, -0.2) is 0 Å². The van der Waals surface area contributed by atoms with Crippen LogP contribution in [0.25, 0.3) is 0 Å². The normalized spacial score (nSPS) is 17.0. The van der Waals surface area contributed by atoms with Crippen LogP contribution in [-0.4, -0.2) is 44.6 Å². The van der Waals surface area contributed by atoms with E-state index in [4.69, 9.17) is 11.6 Å². The Hall–Kier alpha value is -1.52. The number of aliphatic imine (C=N–C) groups is 1. The van der Waals surface area contributed by atoms with Crippen molar-refractivity contribution >= 4 is 17.6 Å². The largest absolute Gasteiger partial charge is 0.354 e. The minimum absolute atomic E-state index is 0.262. The van der Waals surface area contributed by atoms with Crippen molar-refractivity contribution in [1.82, 2.24) is 15.5 Å². The lowest BCUT2D eigenvalue weighted by Crippen LogP contribution is -2.45. The first-order valence-electron chi connectivity index (χ1n) is 7.64. The third-order valence-electron chi connectivity index (χ3n) is 3.91. The SMILES string of the molecule is CN=C(NCC(c1ccc(Cl)cc1)N(C)C)NC1CC=CC1. The number of rotatable bonds is 5. The van der Waals surface area contributed by atoms with Crippen molar-refractivity contribution in [2.24, 2.45) is 4.99 Å². The molecule has 1 aromatic rings. The lowest BCUT2D eigenvalue weighted by molar-refractivity contribution is 0.298. The Morgan fingerprint density at radius 1 is 1.27 bits per heavy atom. The van der Waals surface area contributed by atoms with Crippen LogP contribution in [0.1, 0.15) is 24.4 Å². The Bertz CT molecular complexity index is 514. The maximum atomic E-state index is 5.98. The van der Waals surface area contributed by atoms with Gasteiger partial charge >= 0.3 is 0 Å². The van der Waals surface area contributed by atoms with E-state index in [1.165, 1.54) is 5.56 Å². The zero-order chi connectivity index (χ0) is 15.9. The molecule has 1 aromatic carbocycles. The summed E-state index contributed by atoms with van der Waals surface area (Å²) < 4.78 is 0. The molecule has 0 saturated carbocycles. The van der Waals surface area contributed by atoms with Crippen molar-refractivity contribution in [2.75, 3.05) is 27.7 Å². The highest BCUT2D eigenvalue weighted by Crippen LogP contribution is 2.19. The zero-order valence-electron chi connectivity index (χ0n) is 13.5. The molecular weight excluding hydrogens is 296 g/mol. The van der Waals surface area contributed by atoms with Gasteiger partial charge in [0.15, 0.2) is 5.96 Å². The van der Waals surface area contributed by atoms with Gasteiger partial charge in [-0.15, -0.1) is 0 Å². The van der Waals surface area contributed by atoms with Crippen molar-refractivity contribution in [3.8, 4) is 0 Å². The summed E-state index contributed by atoms with van der Waals surface area (Å²) >= 11 is 5.98. The summed E-state index contributed by atoms with van der Waals surface area (Å²) in [5, 5.41) is 7.65. The second-order valence-corrected chi connectivity index (χ2v) is 6.20. The second kappa shape index (κ2) is 8.20. The molecule has 0 radical (unpaired) electrons. The highest BCUT2D eigenvalue weighted by atomic mass is 35.5. The topological polar surface area (TPSA) is 39.7 Å². The number of nitrogens with one attached hydrogen (secondary N) is 2. The van der Waals surface area contributed by atoms with Crippen LogP contribution in [0.3, 0.4) is 0 Å². The summed E-state index contributed by atoms with van der Waals surface area (Å²) in [7, 11) is 5.97. The number of hydrogen-bond donors (Lipinski definition) is 2. The average Bonchev–Trinajstić information content (AvgIpc) is 3.00. The molecule has 0 heterocycles. The van der Waals surface area contributed by atoms with Gasteiger partial charge in [0.1, 0.15) is 0 Å². The van der Waals surface area contributed by atoms with Gasteiger partial charge in [0.05, 0.1) is 6.04 Å². The summed E-state index contributed by atoms with van der Waals surface area (Å²) in [5.74, 6) is 0.856. The van der Waals surface area contributed by atoms with E-state index in [1.54, 1.807) is 0 Å². The fraction of sp³-hybridized carbons (Fsp3) is 0.471. The van der Waals surface area contributed by atoms with E-state index in [1.807, 2.05) is 19.2 Å². The first kappa shape index (κ1) is 16.8. The number of hydrogen-bond acceptors (Lipinski definition) is 2. The highest BCUT2D eigenvalue weighted by Gasteiger charge is 2.16. The van der Waals surface area contributed by atoms with Crippen LogP contribution in [0, 0.1) is 0 Å². The third-order valence-corrected chi connectivity index (χ3v) is 4.17. The van der Waals surface area contributed by atoms with Crippen molar-refractivity contribution in [1.29, 1.82) is 0 Å². The molecule has 1 aliphatic carbocycles. The lowest BCUT2D eigenvalue weighted by Gasteiger charge is -2.26. The van der Waals surface area contributed by atoms with Crippen LogP contribution in [0.5, 0.6) is 0 Å². The molecule has 2 N–H and O–H groups in total. The lowest BCUT2D eigenvalue weighted by atomic mass is 10.1. The Morgan fingerprint density at radius 3 is 2.45 bits per heavy atom. The van der Waals surface area contributed by atoms with Gasteiger partial charge in [-0.05, 0) is 44.6 Å². The van der Waals surface area contributed by atoms with Crippen molar-refractivity contribution in [3.63, 3.8) is 0 Å². The minimum Gasteiger partial charge on any atom is -0.354 e. The Balaban J connectivity index is 1.94. The molecule has 1 aliphatic rings. The van der Waals surface area contributed by atoms with E-state index >= 15 is 0 Å². The van der Waals surface area contributed by atoms with Crippen LogP contribution in [0.15, 0.2) is 41.4 Å². The zero-order valence-corrected chi connectivity index (χ0v) is 14.3. The minimum atomic E-state index is 0.262. The first-order valence-corrected chi connectivity index (χ1v) is 8.02. The van der Waals surface area contributed by atoms with Crippen LogP contribution in [-0.2, 0) is 0 Å². The summed E-state index contributed by atoms with van der Waals surface area (Å²) in [6, 6.07) is 8.74. The number of benzene rings is 1. The molecule has 1 unspecified atom stereocenters. The van der Waals surface area contributed by atoms with Crippen LogP contribution in [0.2, 0.25) is 5.02 Å². The third kappa shape index (κ3) is 4.75. The number of guanidine groups is 1. The standard InChI is InChI=1S/C17H25ClN4/c1-19-17(21-15-6-4-5-7-15)20-12-16(22(2)3)13-8-10-14(18)11-9-13/h4-5,8-11,15-16H,6-7,12H2,1-3H3,(H2,19,20,21). The Kier molecular flexibility index (Phi) is 6.28. The van der Waals surface area contributed by atoms with Crippen LogP contribution >= 0.6 is 11.6 Å². The highest BCUT2D eigenvalue weighted by molar-refractivity contribution is 6.30. The number of halogens is 1. The monoisotopic (exact) mass is 320 g/mol. The maximum Gasteiger partial charge on any atom is 0.191 e. The quantitative estimate of drug-likeness (QED) is 0.498. The molecule has 1 atom stereocenters. The summed E-state index contributed by atoms with van der Waals surface area (Å²) in [4.78, 5) is 6.51. The maximum absolute atomic E-state index is 5.98. The van der Waals surface area contributed by atoms with Crippen LogP contribution < -0.4 is 10.6 Å². The van der Waals surface area contributed by atoms with E-state index in [-0.39, 0.29) is 6.04 Å². The van der Waals surface area contributed by atoms with E-state index in [0.29, 0.717) is 6.04 Å². The van der Waals surface area contributed by atoms with Crippen LogP contribution in [0.4, 0.5) is 0 Å². The molecule has 0 fully saturated rings. The van der Waals surface area contributed by atoms with Crippen molar-refractivity contribution in [2.45, 2.75) is 24.9 Å². The molecule has 0 amide bonds. The predicted molar refractivity (Wildman–Crippen MR) is 94.5 cm³/mol. The molecular formula is C17H25ClN4. The van der Waals surface area contributed by atoms with Gasteiger partial charge in [0, 0.05) is 24.7 Å². The number of likely N-dealkylation sites (N-methyl/N-ethyl adjacent to an activating group) is 1. The Morgan fingerprint density at radius 2 is 1.91 bits per heavy atom. The molecule has 2 rings (SSSR count). The van der Waals surface area contributed by atoms with Gasteiger partial charge in [0.2, 0.25) is 0 Å². The fourth-order valence-corrected chi connectivity index (χ4v) is 2.73. The van der Waals surface area contributed by atoms with Gasteiger partial charge < -0.3 is 15.5 Å². The first-order chi connectivity index (χ1) is 10.6. The summed E-state index contributed by atoms with van der Waals surface area (Å²) in [6.07, 6.45) is 6.55. The van der Waals surface area contributed by atoms with Gasteiger partial charge in [-0.2, -0.15) is 0 Å². The smallest absolute Gasteiger partial charge is 0.191 e. The molecule has 5 heteroatoms.